The molecule has 0 spiro atoms. The van der Waals surface area contributed by atoms with E-state index < -0.39 is 0 Å². The Balaban J connectivity index is 1.86. The van der Waals surface area contributed by atoms with Crippen molar-refractivity contribution in [2.45, 2.75) is 38.7 Å². The number of aryl methyl sites for hydroxylation is 1. The highest BCUT2D eigenvalue weighted by Crippen LogP contribution is 2.18. The van der Waals surface area contributed by atoms with Crippen molar-refractivity contribution < 1.29 is 4.74 Å². The molecule has 1 aliphatic rings. The van der Waals surface area contributed by atoms with Crippen LogP contribution in [0, 0.1) is 6.92 Å². The Morgan fingerprint density at radius 3 is 3.18 bits per heavy atom. The van der Waals surface area contributed by atoms with Crippen LogP contribution in [0.25, 0.3) is 5.52 Å². The van der Waals surface area contributed by atoms with Crippen molar-refractivity contribution in [3.05, 3.63) is 35.9 Å². The molecular weight excluding hydrogens is 212 g/mol. The Bertz CT molecular complexity index is 512. The molecule has 0 aromatic carbocycles. The van der Waals surface area contributed by atoms with E-state index in [2.05, 4.69) is 34.6 Å². The van der Waals surface area contributed by atoms with Crippen LogP contribution in [-0.2, 0) is 11.2 Å². The van der Waals surface area contributed by atoms with Gasteiger partial charge in [-0.05, 0) is 37.8 Å². The minimum absolute atomic E-state index is 0.356. The molecule has 0 radical (unpaired) electrons. The van der Waals surface area contributed by atoms with E-state index in [1.807, 2.05) is 6.20 Å². The zero-order valence-electron chi connectivity index (χ0n) is 10.2. The predicted octanol–water partition coefficient (Wildman–Crippen LogP) is 2.75. The minimum Gasteiger partial charge on any atom is -0.378 e. The average Bonchev–Trinajstić information content (AvgIpc) is 2.73. The second-order valence-corrected chi connectivity index (χ2v) is 4.87. The summed E-state index contributed by atoms with van der Waals surface area (Å²) >= 11 is 0. The number of hydrogen-bond donors (Lipinski definition) is 0. The van der Waals surface area contributed by atoms with Crippen LogP contribution in [0.1, 0.15) is 30.7 Å². The van der Waals surface area contributed by atoms with Crippen LogP contribution >= 0.6 is 0 Å². The maximum absolute atomic E-state index is 5.78. The van der Waals surface area contributed by atoms with E-state index in [0.29, 0.717) is 6.10 Å². The average molecular weight is 230 g/mol. The number of hydrogen-bond acceptors (Lipinski definition) is 2. The summed E-state index contributed by atoms with van der Waals surface area (Å²) in [6.07, 6.45) is 9.04. The number of imidazole rings is 1. The number of nitrogens with zero attached hydrogens (tertiary/aromatic N) is 2. The summed E-state index contributed by atoms with van der Waals surface area (Å²) in [7, 11) is 0. The molecule has 3 heteroatoms. The molecule has 1 atom stereocenters. The van der Waals surface area contributed by atoms with Gasteiger partial charge in [0.1, 0.15) is 5.82 Å². The largest absolute Gasteiger partial charge is 0.378 e. The van der Waals surface area contributed by atoms with Gasteiger partial charge in [0.2, 0.25) is 0 Å². The molecule has 1 unspecified atom stereocenters. The molecule has 0 bridgehead atoms. The van der Waals surface area contributed by atoms with Crippen LogP contribution in [0.2, 0.25) is 0 Å². The highest BCUT2D eigenvalue weighted by atomic mass is 16.5. The number of ether oxygens (including phenoxy) is 1. The maximum atomic E-state index is 5.78. The lowest BCUT2D eigenvalue weighted by Gasteiger charge is -2.21. The summed E-state index contributed by atoms with van der Waals surface area (Å²) < 4.78 is 7.96. The standard InChI is InChI=1S/C14H18N2O/c1-11-5-6-12-9-15-14(16(12)10-11)8-13-4-2-3-7-17-13/h5-6,9-10,13H,2-4,7-8H2,1H3. The molecule has 90 valence electrons. The predicted molar refractivity (Wildman–Crippen MR) is 67.2 cm³/mol. The summed E-state index contributed by atoms with van der Waals surface area (Å²) in [6, 6.07) is 4.24. The monoisotopic (exact) mass is 230 g/mol. The lowest BCUT2D eigenvalue weighted by Crippen LogP contribution is -2.22. The Hall–Kier alpha value is -1.35. The maximum Gasteiger partial charge on any atom is 0.115 e. The zero-order valence-corrected chi connectivity index (χ0v) is 10.2. The molecule has 0 N–H and O–H groups in total. The Morgan fingerprint density at radius 1 is 1.41 bits per heavy atom. The van der Waals surface area contributed by atoms with Gasteiger partial charge in [0.15, 0.2) is 0 Å². The van der Waals surface area contributed by atoms with Gasteiger partial charge in [-0.1, -0.05) is 6.07 Å². The summed E-state index contributed by atoms with van der Waals surface area (Å²) in [6.45, 7) is 3.02. The second kappa shape index (κ2) is 4.49. The molecule has 3 rings (SSSR count). The van der Waals surface area contributed by atoms with E-state index in [1.54, 1.807) is 0 Å². The van der Waals surface area contributed by atoms with E-state index >= 15 is 0 Å². The van der Waals surface area contributed by atoms with Crippen molar-refractivity contribution in [1.29, 1.82) is 0 Å². The van der Waals surface area contributed by atoms with E-state index in [0.717, 1.165) is 18.9 Å². The minimum atomic E-state index is 0.356. The van der Waals surface area contributed by atoms with E-state index in [1.165, 1.54) is 30.3 Å². The molecule has 0 amide bonds. The number of fused-ring (bicyclic) bond motifs is 1. The molecule has 3 nitrogen and oxygen atoms in total. The van der Waals surface area contributed by atoms with Gasteiger partial charge >= 0.3 is 0 Å². The van der Waals surface area contributed by atoms with Crippen LogP contribution in [-0.4, -0.2) is 22.1 Å². The van der Waals surface area contributed by atoms with Crippen molar-refractivity contribution in [2.75, 3.05) is 6.61 Å². The first-order valence-corrected chi connectivity index (χ1v) is 6.37. The van der Waals surface area contributed by atoms with Crippen LogP contribution in [0.4, 0.5) is 0 Å². The lowest BCUT2D eigenvalue weighted by molar-refractivity contribution is 0.0156. The van der Waals surface area contributed by atoms with Gasteiger partial charge in [0.25, 0.3) is 0 Å². The van der Waals surface area contributed by atoms with E-state index in [-0.39, 0.29) is 0 Å². The van der Waals surface area contributed by atoms with Crippen LogP contribution in [0.5, 0.6) is 0 Å². The number of pyridine rings is 1. The first-order valence-electron chi connectivity index (χ1n) is 6.37. The lowest BCUT2D eigenvalue weighted by atomic mass is 10.1. The smallest absolute Gasteiger partial charge is 0.115 e. The molecular formula is C14H18N2O. The van der Waals surface area contributed by atoms with E-state index in [4.69, 9.17) is 4.74 Å². The normalized spacial score (nSPS) is 20.9. The fourth-order valence-corrected chi connectivity index (χ4v) is 2.47. The Kier molecular flexibility index (Phi) is 2.85. The highest BCUT2D eigenvalue weighted by molar-refractivity contribution is 5.46. The summed E-state index contributed by atoms with van der Waals surface area (Å²) in [5.41, 5.74) is 2.43. The van der Waals surface area contributed by atoms with Gasteiger partial charge in [0, 0.05) is 19.2 Å². The third-order valence-electron chi connectivity index (χ3n) is 3.44. The molecule has 0 aliphatic carbocycles. The van der Waals surface area contributed by atoms with Crippen LogP contribution in [0.3, 0.4) is 0 Å². The summed E-state index contributed by atoms with van der Waals surface area (Å²) in [4.78, 5) is 4.51. The number of aromatic nitrogens is 2. The molecule has 1 saturated heterocycles. The van der Waals surface area contributed by atoms with Gasteiger partial charge in [0.05, 0.1) is 17.8 Å². The highest BCUT2D eigenvalue weighted by Gasteiger charge is 2.16. The number of rotatable bonds is 2. The van der Waals surface area contributed by atoms with Crippen molar-refractivity contribution in [3.63, 3.8) is 0 Å². The van der Waals surface area contributed by atoms with Gasteiger partial charge in [-0.3, -0.25) is 0 Å². The molecule has 1 fully saturated rings. The second-order valence-electron chi connectivity index (χ2n) is 4.87. The van der Waals surface area contributed by atoms with Crippen molar-refractivity contribution >= 4 is 5.52 Å². The third-order valence-corrected chi connectivity index (χ3v) is 3.44. The first kappa shape index (κ1) is 10.8. The van der Waals surface area contributed by atoms with Crippen molar-refractivity contribution in [1.82, 2.24) is 9.38 Å². The van der Waals surface area contributed by atoms with E-state index in [9.17, 15) is 0 Å². The molecule has 0 saturated carbocycles. The van der Waals surface area contributed by atoms with Crippen LogP contribution in [0.15, 0.2) is 24.5 Å². The molecule has 2 aromatic rings. The van der Waals surface area contributed by atoms with Crippen LogP contribution < -0.4 is 0 Å². The van der Waals surface area contributed by atoms with Gasteiger partial charge in [-0.2, -0.15) is 0 Å². The fraction of sp³-hybridized carbons (Fsp3) is 0.500. The Morgan fingerprint density at radius 2 is 2.35 bits per heavy atom. The molecule has 17 heavy (non-hydrogen) atoms. The summed E-state index contributed by atoms with van der Waals surface area (Å²) in [5.74, 6) is 1.12. The molecule has 1 aliphatic heterocycles. The third kappa shape index (κ3) is 2.20. The van der Waals surface area contributed by atoms with Gasteiger partial charge in [-0.25, -0.2) is 4.98 Å². The Labute approximate surface area is 101 Å². The molecule has 3 heterocycles. The topological polar surface area (TPSA) is 26.5 Å². The summed E-state index contributed by atoms with van der Waals surface area (Å²) in [5, 5.41) is 0. The molecule has 2 aromatic heterocycles. The SMILES string of the molecule is Cc1ccc2cnc(CC3CCCCO3)n2c1. The van der Waals surface area contributed by atoms with Crippen molar-refractivity contribution in [3.8, 4) is 0 Å². The first-order chi connectivity index (χ1) is 8.33. The zero-order chi connectivity index (χ0) is 11.7. The van der Waals surface area contributed by atoms with Gasteiger partial charge in [-0.15, -0.1) is 0 Å². The quantitative estimate of drug-likeness (QED) is 0.793. The fourth-order valence-electron chi connectivity index (χ4n) is 2.47. The van der Waals surface area contributed by atoms with Crippen molar-refractivity contribution in [2.24, 2.45) is 0 Å². The van der Waals surface area contributed by atoms with Gasteiger partial charge < -0.3 is 9.14 Å².